The number of methoxy groups -OCH3 is 1. The van der Waals surface area contributed by atoms with Gasteiger partial charge in [0, 0.05) is 20.2 Å². The van der Waals surface area contributed by atoms with Gasteiger partial charge in [0.25, 0.3) is 0 Å². The van der Waals surface area contributed by atoms with Gasteiger partial charge in [-0.15, -0.1) is 0 Å². The lowest BCUT2D eigenvalue weighted by atomic mass is 9.92. The number of nitrogens with zero attached hydrogens (tertiary/aromatic N) is 1. The summed E-state index contributed by atoms with van der Waals surface area (Å²) in [6.07, 6.45) is 1.65. The second-order valence-corrected chi connectivity index (χ2v) is 5.54. The summed E-state index contributed by atoms with van der Waals surface area (Å²) >= 11 is 0. The SMILES string of the molecule is COC1CN(CC(CN)C(C)C)CCC1C. The Labute approximate surface area is 100 Å². The van der Waals surface area contributed by atoms with E-state index in [4.69, 9.17) is 10.5 Å². The molecule has 3 nitrogen and oxygen atoms in total. The van der Waals surface area contributed by atoms with Crippen LogP contribution in [-0.2, 0) is 4.74 Å². The van der Waals surface area contributed by atoms with Crippen molar-refractivity contribution in [2.45, 2.75) is 33.3 Å². The number of rotatable bonds is 5. The fraction of sp³-hybridized carbons (Fsp3) is 1.00. The standard InChI is InChI=1S/C13H28N2O/c1-10(2)12(7-14)8-15-6-5-11(3)13(9-15)16-4/h10-13H,5-9,14H2,1-4H3. The van der Waals surface area contributed by atoms with E-state index in [9.17, 15) is 0 Å². The Balaban J connectivity index is 2.43. The fourth-order valence-corrected chi connectivity index (χ4v) is 2.46. The Hall–Kier alpha value is -0.120. The lowest BCUT2D eigenvalue weighted by Gasteiger charge is -2.38. The molecule has 16 heavy (non-hydrogen) atoms. The Morgan fingerprint density at radius 2 is 2.12 bits per heavy atom. The molecule has 3 heteroatoms. The minimum atomic E-state index is 0.402. The molecule has 0 amide bonds. The minimum Gasteiger partial charge on any atom is -0.380 e. The molecule has 0 aromatic heterocycles. The van der Waals surface area contributed by atoms with E-state index in [1.165, 1.54) is 13.0 Å². The van der Waals surface area contributed by atoms with E-state index in [1.807, 2.05) is 7.11 Å². The fourth-order valence-electron chi connectivity index (χ4n) is 2.46. The van der Waals surface area contributed by atoms with E-state index in [0.717, 1.165) is 19.6 Å². The molecule has 3 atom stereocenters. The molecule has 1 aliphatic rings. The van der Waals surface area contributed by atoms with Crippen LogP contribution in [0, 0.1) is 17.8 Å². The summed E-state index contributed by atoms with van der Waals surface area (Å²) < 4.78 is 5.54. The number of piperidine rings is 1. The molecule has 0 bridgehead atoms. The number of ether oxygens (including phenoxy) is 1. The van der Waals surface area contributed by atoms with Crippen molar-refractivity contribution in [2.75, 3.05) is 33.3 Å². The molecule has 1 aliphatic heterocycles. The Morgan fingerprint density at radius 3 is 2.62 bits per heavy atom. The Morgan fingerprint density at radius 1 is 1.44 bits per heavy atom. The van der Waals surface area contributed by atoms with E-state index < -0.39 is 0 Å². The maximum absolute atomic E-state index is 5.83. The van der Waals surface area contributed by atoms with E-state index in [-0.39, 0.29) is 0 Å². The summed E-state index contributed by atoms with van der Waals surface area (Å²) in [5.74, 6) is 1.98. The molecule has 1 heterocycles. The van der Waals surface area contributed by atoms with E-state index >= 15 is 0 Å². The average molecular weight is 228 g/mol. The van der Waals surface area contributed by atoms with Crippen LogP contribution in [0.4, 0.5) is 0 Å². The highest BCUT2D eigenvalue weighted by molar-refractivity contribution is 4.80. The Kier molecular flexibility index (Phi) is 5.73. The average Bonchev–Trinajstić information content (AvgIpc) is 2.27. The first-order chi connectivity index (χ1) is 7.58. The predicted octanol–water partition coefficient (Wildman–Crippen LogP) is 1.57. The maximum atomic E-state index is 5.83. The highest BCUT2D eigenvalue weighted by Gasteiger charge is 2.27. The molecule has 2 N–H and O–H groups in total. The van der Waals surface area contributed by atoms with Crippen molar-refractivity contribution < 1.29 is 4.74 Å². The van der Waals surface area contributed by atoms with Gasteiger partial charge >= 0.3 is 0 Å². The smallest absolute Gasteiger partial charge is 0.0724 e. The molecule has 0 aromatic rings. The Bertz CT molecular complexity index is 196. The zero-order valence-electron chi connectivity index (χ0n) is 11.3. The number of nitrogens with two attached hydrogens (primary N) is 1. The maximum Gasteiger partial charge on any atom is 0.0724 e. The van der Waals surface area contributed by atoms with Gasteiger partial charge in [-0.3, -0.25) is 0 Å². The van der Waals surface area contributed by atoms with Crippen molar-refractivity contribution in [1.29, 1.82) is 0 Å². The van der Waals surface area contributed by atoms with Crippen molar-refractivity contribution in [2.24, 2.45) is 23.5 Å². The van der Waals surface area contributed by atoms with Gasteiger partial charge in [0.15, 0.2) is 0 Å². The minimum absolute atomic E-state index is 0.402. The van der Waals surface area contributed by atoms with Gasteiger partial charge < -0.3 is 15.4 Å². The number of likely N-dealkylation sites (tertiary alicyclic amines) is 1. The number of hydrogen-bond donors (Lipinski definition) is 1. The second-order valence-electron chi connectivity index (χ2n) is 5.54. The van der Waals surface area contributed by atoms with Gasteiger partial charge in [-0.25, -0.2) is 0 Å². The van der Waals surface area contributed by atoms with Crippen LogP contribution >= 0.6 is 0 Å². The normalized spacial score (nSPS) is 29.6. The van der Waals surface area contributed by atoms with Crippen LogP contribution in [0.3, 0.4) is 0 Å². The third-order valence-electron chi connectivity index (χ3n) is 4.01. The molecule has 0 saturated carbocycles. The van der Waals surface area contributed by atoms with Crippen molar-refractivity contribution in [1.82, 2.24) is 4.90 Å². The molecule has 0 spiro atoms. The number of hydrogen-bond acceptors (Lipinski definition) is 3. The summed E-state index contributed by atoms with van der Waals surface area (Å²) in [6, 6.07) is 0. The first kappa shape index (κ1) is 13.9. The van der Waals surface area contributed by atoms with Crippen LogP contribution in [0.1, 0.15) is 27.2 Å². The van der Waals surface area contributed by atoms with Crippen molar-refractivity contribution >= 4 is 0 Å². The van der Waals surface area contributed by atoms with Gasteiger partial charge in [-0.2, -0.15) is 0 Å². The van der Waals surface area contributed by atoms with Crippen LogP contribution < -0.4 is 5.73 Å². The highest BCUT2D eigenvalue weighted by atomic mass is 16.5. The highest BCUT2D eigenvalue weighted by Crippen LogP contribution is 2.21. The van der Waals surface area contributed by atoms with Crippen LogP contribution in [0.25, 0.3) is 0 Å². The summed E-state index contributed by atoms with van der Waals surface area (Å²) in [6.45, 7) is 11.0. The quantitative estimate of drug-likeness (QED) is 0.776. The molecule has 1 fully saturated rings. The summed E-state index contributed by atoms with van der Waals surface area (Å²) in [5, 5.41) is 0. The molecule has 96 valence electrons. The zero-order valence-corrected chi connectivity index (χ0v) is 11.3. The lowest BCUT2D eigenvalue weighted by Crippen LogP contribution is -2.47. The van der Waals surface area contributed by atoms with Crippen LogP contribution in [0.5, 0.6) is 0 Å². The van der Waals surface area contributed by atoms with Crippen LogP contribution in [-0.4, -0.2) is 44.3 Å². The van der Waals surface area contributed by atoms with Gasteiger partial charge in [0.2, 0.25) is 0 Å². The predicted molar refractivity (Wildman–Crippen MR) is 68.4 cm³/mol. The molecule has 0 radical (unpaired) electrons. The molecule has 1 rings (SSSR count). The lowest BCUT2D eigenvalue weighted by molar-refractivity contribution is -0.0108. The zero-order chi connectivity index (χ0) is 12.1. The first-order valence-corrected chi connectivity index (χ1v) is 6.53. The van der Waals surface area contributed by atoms with E-state index in [2.05, 4.69) is 25.7 Å². The van der Waals surface area contributed by atoms with Gasteiger partial charge in [-0.1, -0.05) is 20.8 Å². The molecular formula is C13H28N2O. The molecular weight excluding hydrogens is 200 g/mol. The molecule has 3 unspecified atom stereocenters. The van der Waals surface area contributed by atoms with Crippen LogP contribution in [0.2, 0.25) is 0 Å². The topological polar surface area (TPSA) is 38.5 Å². The van der Waals surface area contributed by atoms with Gasteiger partial charge in [0.05, 0.1) is 6.10 Å². The van der Waals surface area contributed by atoms with Crippen molar-refractivity contribution in [3.63, 3.8) is 0 Å². The third-order valence-corrected chi connectivity index (χ3v) is 4.01. The summed E-state index contributed by atoms with van der Waals surface area (Å²) in [7, 11) is 1.83. The van der Waals surface area contributed by atoms with Gasteiger partial charge in [0.1, 0.15) is 0 Å². The second kappa shape index (κ2) is 6.58. The summed E-state index contributed by atoms with van der Waals surface area (Å²) in [5.41, 5.74) is 5.83. The largest absolute Gasteiger partial charge is 0.380 e. The van der Waals surface area contributed by atoms with E-state index in [1.54, 1.807) is 0 Å². The molecule has 1 saturated heterocycles. The first-order valence-electron chi connectivity index (χ1n) is 6.53. The van der Waals surface area contributed by atoms with Gasteiger partial charge in [-0.05, 0) is 37.3 Å². The molecule has 0 aromatic carbocycles. The van der Waals surface area contributed by atoms with E-state index in [0.29, 0.717) is 23.9 Å². The monoisotopic (exact) mass is 228 g/mol. The summed E-state index contributed by atoms with van der Waals surface area (Å²) in [4.78, 5) is 2.52. The van der Waals surface area contributed by atoms with Crippen molar-refractivity contribution in [3.8, 4) is 0 Å². The molecule has 0 aliphatic carbocycles. The third kappa shape index (κ3) is 3.72. The van der Waals surface area contributed by atoms with Crippen LogP contribution in [0.15, 0.2) is 0 Å². The van der Waals surface area contributed by atoms with Crippen molar-refractivity contribution in [3.05, 3.63) is 0 Å².